The fraction of sp³-hybridized carbons (Fsp3) is 0.350. The van der Waals surface area contributed by atoms with Gasteiger partial charge in [0.25, 0.3) is 0 Å². The number of anilines is 1. The van der Waals surface area contributed by atoms with Gasteiger partial charge in [0, 0.05) is 31.5 Å². The molecule has 4 rings (SSSR count). The molecule has 3 aromatic rings. The molecule has 1 aliphatic heterocycles. The molecule has 0 spiro atoms. The fourth-order valence-electron chi connectivity index (χ4n) is 3.68. The SMILES string of the molecule is O=C(Nc1cccc(C(F)(F)F)c1)N1CCCC(Cn2cnc3cccnc32)C1. The van der Waals surface area contributed by atoms with E-state index in [-0.39, 0.29) is 17.6 Å². The van der Waals surface area contributed by atoms with Crippen molar-refractivity contribution < 1.29 is 18.0 Å². The van der Waals surface area contributed by atoms with Crippen molar-refractivity contribution in [2.45, 2.75) is 25.6 Å². The Hall–Kier alpha value is -3.10. The van der Waals surface area contributed by atoms with Gasteiger partial charge in [0.2, 0.25) is 0 Å². The van der Waals surface area contributed by atoms with Gasteiger partial charge in [-0.1, -0.05) is 6.07 Å². The molecular formula is C20H20F3N5O. The highest BCUT2D eigenvalue weighted by Gasteiger charge is 2.31. The van der Waals surface area contributed by atoms with Crippen LogP contribution in [0.1, 0.15) is 18.4 Å². The zero-order valence-corrected chi connectivity index (χ0v) is 15.6. The van der Waals surface area contributed by atoms with E-state index >= 15 is 0 Å². The van der Waals surface area contributed by atoms with E-state index < -0.39 is 11.7 Å². The lowest BCUT2D eigenvalue weighted by molar-refractivity contribution is -0.137. The molecule has 1 aliphatic rings. The normalized spacial score (nSPS) is 17.5. The van der Waals surface area contributed by atoms with Crippen molar-refractivity contribution in [3.05, 3.63) is 54.5 Å². The zero-order chi connectivity index (χ0) is 20.4. The summed E-state index contributed by atoms with van der Waals surface area (Å²) in [6.45, 7) is 1.78. The molecule has 2 amide bonds. The molecule has 0 radical (unpaired) electrons. The Morgan fingerprint density at radius 1 is 1.21 bits per heavy atom. The number of amides is 2. The minimum Gasteiger partial charge on any atom is -0.324 e. The Bertz CT molecular complexity index is 1020. The molecular weight excluding hydrogens is 383 g/mol. The van der Waals surface area contributed by atoms with Crippen LogP contribution < -0.4 is 5.32 Å². The Balaban J connectivity index is 1.41. The quantitative estimate of drug-likeness (QED) is 0.705. The summed E-state index contributed by atoms with van der Waals surface area (Å²) < 4.78 is 40.6. The molecule has 1 unspecified atom stereocenters. The number of hydrogen-bond acceptors (Lipinski definition) is 3. The second-order valence-electron chi connectivity index (χ2n) is 7.21. The van der Waals surface area contributed by atoms with Crippen LogP contribution in [0.2, 0.25) is 0 Å². The number of fused-ring (bicyclic) bond motifs is 1. The number of pyridine rings is 1. The van der Waals surface area contributed by atoms with Gasteiger partial charge in [0.1, 0.15) is 5.52 Å². The summed E-state index contributed by atoms with van der Waals surface area (Å²) >= 11 is 0. The number of rotatable bonds is 3. The summed E-state index contributed by atoms with van der Waals surface area (Å²) in [6, 6.07) is 8.02. The Morgan fingerprint density at radius 2 is 2.07 bits per heavy atom. The van der Waals surface area contributed by atoms with Crippen LogP contribution in [-0.2, 0) is 12.7 Å². The van der Waals surface area contributed by atoms with Crippen LogP contribution in [-0.4, -0.2) is 38.6 Å². The number of nitrogens with one attached hydrogen (secondary N) is 1. The number of halogens is 3. The molecule has 0 aliphatic carbocycles. The first-order valence-electron chi connectivity index (χ1n) is 9.39. The van der Waals surface area contributed by atoms with Gasteiger partial charge in [-0.3, -0.25) is 0 Å². The predicted molar refractivity (Wildman–Crippen MR) is 102 cm³/mol. The summed E-state index contributed by atoms with van der Waals surface area (Å²) in [5, 5.41) is 2.59. The van der Waals surface area contributed by atoms with E-state index in [1.165, 1.54) is 12.1 Å². The molecule has 1 N–H and O–H groups in total. The van der Waals surface area contributed by atoms with Gasteiger partial charge in [-0.2, -0.15) is 13.2 Å². The van der Waals surface area contributed by atoms with E-state index in [1.807, 2.05) is 16.7 Å². The van der Waals surface area contributed by atoms with Crippen LogP contribution in [0, 0.1) is 5.92 Å². The number of urea groups is 1. The first-order valence-corrected chi connectivity index (χ1v) is 9.39. The number of imidazole rings is 1. The third kappa shape index (κ3) is 4.33. The lowest BCUT2D eigenvalue weighted by atomic mass is 9.98. The van der Waals surface area contributed by atoms with E-state index in [9.17, 15) is 18.0 Å². The average molecular weight is 403 g/mol. The fourth-order valence-corrected chi connectivity index (χ4v) is 3.68. The van der Waals surface area contributed by atoms with Gasteiger partial charge >= 0.3 is 12.2 Å². The third-order valence-electron chi connectivity index (χ3n) is 5.08. The van der Waals surface area contributed by atoms with Gasteiger partial charge in [-0.05, 0) is 49.1 Å². The van der Waals surface area contributed by atoms with Crippen LogP contribution in [0.15, 0.2) is 48.9 Å². The van der Waals surface area contributed by atoms with Gasteiger partial charge in [0.15, 0.2) is 5.65 Å². The van der Waals surface area contributed by atoms with Crippen molar-refractivity contribution >= 4 is 22.9 Å². The van der Waals surface area contributed by atoms with E-state index in [1.54, 1.807) is 17.4 Å². The van der Waals surface area contributed by atoms with E-state index in [0.29, 0.717) is 19.6 Å². The molecule has 1 aromatic carbocycles. The summed E-state index contributed by atoms with van der Waals surface area (Å²) in [5.74, 6) is 0.218. The van der Waals surface area contributed by atoms with Crippen molar-refractivity contribution in [1.29, 1.82) is 0 Å². The van der Waals surface area contributed by atoms with Crippen molar-refractivity contribution in [1.82, 2.24) is 19.4 Å². The maximum atomic E-state index is 12.9. The topological polar surface area (TPSA) is 63.1 Å². The summed E-state index contributed by atoms with van der Waals surface area (Å²) in [5.41, 5.74) is 0.976. The molecule has 1 atom stereocenters. The highest BCUT2D eigenvalue weighted by atomic mass is 19.4. The number of alkyl halides is 3. The van der Waals surface area contributed by atoms with Gasteiger partial charge in [-0.25, -0.2) is 14.8 Å². The molecule has 1 saturated heterocycles. The van der Waals surface area contributed by atoms with Crippen LogP contribution in [0.3, 0.4) is 0 Å². The van der Waals surface area contributed by atoms with Crippen molar-refractivity contribution in [3.8, 4) is 0 Å². The molecule has 0 saturated carbocycles. The number of piperidine rings is 1. The first kappa shape index (κ1) is 19.2. The molecule has 152 valence electrons. The second-order valence-corrected chi connectivity index (χ2v) is 7.21. The maximum Gasteiger partial charge on any atom is 0.416 e. The molecule has 0 bridgehead atoms. The smallest absolute Gasteiger partial charge is 0.324 e. The number of benzene rings is 1. The van der Waals surface area contributed by atoms with E-state index in [4.69, 9.17) is 0 Å². The van der Waals surface area contributed by atoms with Gasteiger partial charge < -0.3 is 14.8 Å². The Labute approximate surface area is 165 Å². The second kappa shape index (κ2) is 7.73. The van der Waals surface area contributed by atoms with Crippen LogP contribution in [0.25, 0.3) is 11.2 Å². The highest BCUT2D eigenvalue weighted by molar-refractivity contribution is 5.89. The minimum atomic E-state index is -4.45. The van der Waals surface area contributed by atoms with E-state index in [2.05, 4.69) is 15.3 Å². The minimum absolute atomic E-state index is 0.136. The highest BCUT2D eigenvalue weighted by Crippen LogP contribution is 2.31. The lowest BCUT2D eigenvalue weighted by Crippen LogP contribution is -2.43. The van der Waals surface area contributed by atoms with Crippen molar-refractivity contribution in [3.63, 3.8) is 0 Å². The predicted octanol–water partition coefficient (Wildman–Crippen LogP) is 4.39. The molecule has 29 heavy (non-hydrogen) atoms. The number of carbonyl (C=O) groups excluding carboxylic acids is 1. The summed E-state index contributed by atoms with van der Waals surface area (Å²) in [4.78, 5) is 22.9. The number of hydrogen-bond donors (Lipinski definition) is 1. The number of carbonyl (C=O) groups is 1. The molecule has 1 fully saturated rings. The average Bonchev–Trinajstić information content (AvgIpc) is 3.11. The van der Waals surface area contributed by atoms with Crippen LogP contribution in [0.5, 0.6) is 0 Å². The molecule has 2 aromatic heterocycles. The van der Waals surface area contributed by atoms with Crippen LogP contribution >= 0.6 is 0 Å². The maximum absolute atomic E-state index is 12.9. The third-order valence-corrected chi connectivity index (χ3v) is 5.08. The molecule has 6 nitrogen and oxygen atoms in total. The summed E-state index contributed by atoms with van der Waals surface area (Å²) in [7, 11) is 0. The number of likely N-dealkylation sites (tertiary alicyclic amines) is 1. The first-order chi connectivity index (χ1) is 13.9. The zero-order valence-electron chi connectivity index (χ0n) is 15.6. The van der Waals surface area contributed by atoms with Crippen LogP contribution in [0.4, 0.5) is 23.7 Å². The Kier molecular flexibility index (Phi) is 5.12. The summed E-state index contributed by atoms with van der Waals surface area (Å²) in [6.07, 6.45) is 0.814. The Morgan fingerprint density at radius 3 is 2.90 bits per heavy atom. The largest absolute Gasteiger partial charge is 0.416 e. The molecule has 3 heterocycles. The van der Waals surface area contributed by atoms with Crippen molar-refractivity contribution in [2.75, 3.05) is 18.4 Å². The van der Waals surface area contributed by atoms with Gasteiger partial charge in [-0.15, -0.1) is 0 Å². The molecule has 9 heteroatoms. The standard InChI is InChI=1S/C20H20F3N5O/c21-20(22,23)15-5-1-6-16(10-15)26-19(29)27-9-3-4-14(11-27)12-28-13-25-17-7-2-8-24-18(17)28/h1-2,5-8,10,13-14H,3-4,9,11-12H2,(H,26,29). The number of nitrogens with zero attached hydrogens (tertiary/aromatic N) is 4. The number of aromatic nitrogens is 3. The van der Waals surface area contributed by atoms with Gasteiger partial charge in [0.05, 0.1) is 11.9 Å². The monoisotopic (exact) mass is 403 g/mol. The van der Waals surface area contributed by atoms with Crippen molar-refractivity contribution in [2.24, 2.45) is 5.92 Å². The lowest BCUT2D eigenvalue weighted by Gasteiger charge is -2.33. The van der Waals surface area contributed by atoms with E-state index in [0.717, 1.165) is 36.1 Å².